The first kappa shape index (κ1) is 5.60. The van der Waals surface area contributed by atoms with Gasteiger partial charge in [-0.15, -0.1) is 0 Å². The minimum Gasteiger partial charge on any atom is -0.313 e. The molecule has 2 heteroatoms. The van der Waals surface area contributed by atoms with E-state index < -0.39 is 0 Å². The summed E-state index contributed by atoms with van der Waals surface area (Å²) in [5.41, 5.74) is 4.03. The highest BCUT2D eigenvalue weighted by Crippen LogP contribution is 2.29. The summed E-state index contributed by atoms with van der Waals surface area (Å²) in [7, 11) is 1.84. The van der Waals surface area contributed by atoms with Crippen LogP contribution in [-0.4, -0.2) is 12.8 Å². The van der Waals surface area contributed by atoms with Gasteiger partial charge in [-0.1, -0.05) is 0 Å². The molecule has 0 amide bonds. The molecule has 0 aromatic rings. The molecule has 1 fully saturated rings. The summed E-state index contributed by atoms with van der Waals surface area (Å²) in [5, 5.41) is 4.05. The quantitative estimate of drug-likeness (QED) is 0.418. The number of nitrogens with zero attached hydrogens (tertiary/aromatic N) is 1. The lowest BCUT2D eigenvalue weighted by atomic mass is 10.3. The van der Waals surface area contributed by atoms with E-state index in [1.54, 1.807) is 0 Å². The zero-order valence-electron chi connectivity index (χ0n) is 5.44. The van der Waals surface area contributed by atoms with E-state index in [0.717, 1.165) is 5.92 Å². The summed E-state index contributed by atoms with van der Waals surface area (Å²) in [6, 6.07) is 0. The standard InChI is InChI=1S/C6H12N2/c1-5(8-7-2)6-3-4-6/h6-7H,3-4H2,1-2H3/b8-5-. The zero-order chi connectivity index (χ0) is 5.98. The molecule has 2 nitrogen and oxygen atoms in total. The predicted molar refractivity (Wildman–Crippen MR) is 34.9 cm³/mol. The largest absolute Gasteiger partial charge is 0.313 e. The summed E-state index contributed by atoms with van der Waals surface area (Å²) in [5.74, 6) is 0.808. The molecule has 0 spiro atoms. The Kier molecular flexibility index (Phi) is 1.51. The first-order chi connectivity index (χ1) is 3.84. The predicted octanol–water partition coefficient (Wildman–Crippen LogP) is 0.992. The first-order valence-electron chi connectivity index (χ1n) is 3.05. The SMILES string of the molecule is CN/N=C(/C)C1CC1. The fraction of sp³-hybridized carbons (Fsp3) is 0.833. The monoisotopic (exact) mass is 112 g/mol. The van der Waals surface area contributed by atoms with Gasteiger partial charge in [0.25, 0.3) is 0 Å². The van der Waals surface area contributed by atoms with Gasteiger partial charge < -0.3 is 5.43 Å². The molecule has 1 saturated carbocycles. The summed E-state index contributed by atoms with van der Waals surface area (Å²) in [6.07, 6.45) is 2.69. The van der Waals surface area contributed by atoms with Crippen LogP contribution >= 0.6 is 0 Å². The molecule has 46 valence electrons. The maximum absolute atomic E-state index is 4.05. The highest BCUT2D eigenvalue weighted by atomic mass is 15.3. The molecule has 0 atom stereocenters. The third kappa shape index (κ3) is 1.22. The van der Waals surface area contributed by atoms with Crippen LogP contribution in [0.5, 0.6) is 0 Å². The average Bonchev–Trinajstić information content (AvgIpc) is 2.45. The fourth-order valence-electron chi connectivity index (χ4n) is 0.769. The van der Waals surface area contributed by atoms with Gasteiger partial charge in [0.1, 0.15) is 0 Å². The third-order valence-corrected chi connectivity index (χ3v) is 1.46. The number of hydrogen-bond acceptors (Lipinski definition) is 2. The summed E-state index contributed by atoms with van der Waals surface area (Å²) in [4.78, 5) is 0. The molecule has 0 aliphatic heterocycles. The zero-order valence-corrected chi connectivity index (χ0v) is 5.44. The molecule has 1 aliphatic carbocycles. The van der Waals surface area contributed by atoms with Crippen molar-refractivity contribution in [3.63, 3.8) is 0 Å². The van der Waals surface area contributed by atoms with Gasteiger partial charge in [0.05, 0.1) is 0 Å². The lowest BCUT2D eigenvalue weighted by molar-refractivity contribution is 0.883. The molecule has 1 rings (SSSR count). The molecule has 8 heavy (non-hydrogen) atoms. The molecule has 0 aromatic heterocycles. The Morgan fingerprint density at radius 2 is 2.25 bits per heavy atom. The minimum atomic E-state index is 0.808. The Morgan fingerprint density at radius 1 is 1.62 bits per heavy atom. The van der Waals surface area contributed by atoms with Crippen molar-refractivity contribution in [1.29, 1.82) is 0 Å². The lowest BCUT2D eigenvalue weighted by Crippen LogP contribution is -2.02. The summed E-state index contributed by atoms with van der Waals surface area (Å²) < 4.78 is 0. The van der Waals surface area contributed by atoms with E-state index in [9.17, 15) is 0 Å². The molecule has 0 saturated heterocycles. The van der Waals surface area contributed by atoms with E-state index in [0.29, 0.717) is 0 Å². The van der Waals surface area contributed by atoms with Crippen molar-refractivity contribution in [1.82, 2.24) is 5.43 Å². The van der Waals surface area contributed by atoms with Crippen molar-refractivity contribution in [2.75, 3.05) is 7.05 Å². The van der Waals surface area contributed by atoms with Gasteiger partial charge >= 0.3 is 0 Å². The highest BCUT2D eigenvalue weighted by Gasteiger charge is 2.24. The topological polar surface area (TPSA) is 24.4 Å². The second-order valence-corrected chi connectivity index (χ2v) is 2.25. The van der Waals surface area contributed by atoms with E-state index in [2.05, 4.69) is 17.5 Å². The summed E-state index contributed by atoms with van der Waals surface area (Å²) in [6.45, 7) is 2.08. The van der Waals surface area contributed by atoms with Crippen molar-refractivity contribution in [3.8, 4) is 0 Å². The van der Waals surface area contributed by atoms with Gasteiger partial charge in [0.2, 0.25) is 0 Å². The third-order valence-electron chi connectivity index (χ3n) is 1.46. The Balaban J connectivity index is 2.31. The molecule has 0 radical (unpaired) electrons. The van der Waals surface area contributed by atoms with Crippen LogP contribution in [0.2, 0.25) is 0 Å². The minimum absolute atomic E-state index is 0.808. The molecule has 1 N–H and O–H groups in total. The number of hydrazone groups is 1. The Bertz CT molecular complexity index is 103. The second kappa shape index (κ2) is 2.16. The molecular formula is C6H12N2. The Morgan fingerprint density at radius 3 is 2.62 bits per heavy atom. The second-order valence-electron chi connectivity index (χ2n) is 2.25. The van der Waals surface area contributed by atoms with E-state index in [1.807, 2.05) is 7.05 Å². The van der Waals surface area contributed by atoms with Crippen molar-refractivity contribution in [2.24, 2.45) is 11.0 Å². The maximum Gasteiger partial charge on any atom is 0.0378 e. The summed E-state index contributed by atoms with van der Waals surface area (Å²) >= 11 is 0. The van der Waals surface area contributed by atoms with Gasteiger partial charge in [-0.05, 0) is 25.7 Å². The smallest absolute Gasteiger partial charge is 0.0378 e. The molecule has 0 heterocycles. The molecule has 0 unspecified atom stereocenters. The maximum atomic E-state index is 4.05. The number of hydrogen-bond donors (Lipinski definition) is 1. The van der Waals surface area contributed by atoms with E-state index in [1.165, 1.54) is 18.6 Å². The molecule has 0 aromatic carbocycles. The Labute approximate surface area is 50.0 Å². The highest BCUT2D eigenvalue weighted by molar-refractivity contribution is 5.86. The molecular weight excluding hydrogens is 100 g/mol. The van der Waals surface area contributed by atoms with Crippen LogP contribution < -0.4 is 5.43 Å². The van der Waals surface area contributed by atoms with Gasteiger partial charge in [0.15, 0.2) is 0 Å². The van der Waals surface area contributed by atoms with Crippen LogP contribution in [0.1, 0.15) is 19.8 Å². The van der Waals surface area contributed by atoms with E-state index in [-0.39, 0.29) is 0 Å². The number of rotatable bonds is 2. The van der Waals surface area contributed by atoms with Crippen molar-refractivity contribution in [3.05, 3.63) is 0 Å². The van der Waals surface area contributed by atoms with Crippen LogP contribution in [0, 0.1) is 5.92 Å². The van der Waals surface area contributed by atoms with Crippen LogP contribution in [-0.2, 0) is 0 Å². The Hall–Kier alpha value is -0.530. The molecule has 0 bridgehead atoms. The molecule has 1 aliphatic rings. The van der Waals surface area contributed by atoms with E-state index in [4.69, 9.17) is 0 Å². The normalized spacial score (nSPS) is 21.0. The lowest BCUT2D eigenvalue weighted by Gasteiger charge is -1.92. The van der Waals surface area contributed by atoms with Gasteiger partial charge in [0, 0.05) is 12.8 Å². The van der Waals surface area contributed by atoms with Crippen LogP contribution in [0.25, 0.3) is 0 Å². The van der Waals surface area contributed by atoms with Crippen molar-refractivity contribution < 1.29 is 0 Å². The van der Waals surface area contributed by atoms with Crippen LogP contribution in [0.3, 0.4) is 0 Å². The average molecular weight is 112 g/mol. The fourth-order valence-corrected chi connectivity index (χ4v) is 0.769. The van der Waals surface area contributed by atoms with Gasteiger partial charge in [-0.3, -0.25) is 0 Å². The van der Waals surface area contributed by atoms with Crippen molar-refractivity contribution >= 4 is 5.71 Å². The van der Waals surface area contributed by atoms with Crippen molar-refractivity contribution in [2.45, 2.75) is 19.8 Å². The van der Waals surface area contributed by atoms with Gasteiger partial charge in [-0.25, -0.2) is 0 Å². The first-order valence-corrected chi connectivity index (χ1v) is 3.05. The van der Waals surface area contributed by atoms with Crippen LogP contribution in [0.4, 0.5) is 0 Å². The number of nitrogens with one attached hydrogen (secondary N) is 1. The van der Waals surface area contributed by atoms with E-state index >= 15 is 0 Å². The van der Waals surface area contributed by atoms with Crippen LogP contribution in [0.15, 0.2) is 5.10 Å². The van der Waals surface area contributed by atoms with Gasteiger partial charge in [-0.2, -0.15) is 5.10 Å².